The van der Waals surface area contributed by atoms with Crippen molar-refractivity contribution in [2.45, 2.75) is 13.8 Å². The van der Waals surface area contributed by atoms with Crippen LogP contribution in [0, 0.1) is 13.8 Å². The number of hydrogen-bond donors (Lipinski definition) is 1. The van der Waals surface area contributed by atoms with Crippen LogP contribution in [0.15, 0.2) is 59.8 Å². The maximum Gasteiger partial charge on any atom is 0.275 e. The molecule has 0 unspecified atom stereocenters. The number of nitrogens with one attached hydrogen (secondary N) is 1. The number of pyridine rings is 1. The van der Waals surface area contributed by atoms with Crippen molar-refractivity contribution in [2.24, 2.45) is 5.10 Å². The Morgan fingerprint density at radius 1 is 1.19 bits per heavy atom. The normalized spacial score (nSPS) is 10.9. The Bertz CT molecular complexity index is 946. The average molecular weight is 348 g/mol. The highest BCUT2D eigenvalue weighted by atomic mass is 16.5. The van der Waals surface area contributed by atoms with Gasteiger partial charge in [0.25, 0.3) is 5.91 Å². The van der Waals surface area contributed by atoms with Crippen LogP contribution in [0.5, 0.6) is 5.75 Å². The number of hydrogen-bond acceptors (Lipinski definition) is 4. The van der Waals surface area contributed by atoms with Crippen molar-refractivity contribution >= 4 is 12.1 Å². The molecule has 26 heavy (non-hydrogen) atoms. The van der Waals surface area contributed by atoms with Crippen molar-refractivity contribution in [1.82, 2.24) is 15.0 Å². The van der Waals surface area contributed by atoms with Gasteiger partial charge in [-0.15, -0.1) is 0 Å². The number of carbonyl (C=O) groups is 1. The van der Waals surface area contributed by atoms with Gasteiger partial charge in [-0.1, -0.05) is 18.2 Å². The summed E-state index contributed by atoms with van der Waals surface area (Å²) in [5.41, 5.74) is 5.93. The molecule has 0 saturated carbocycles. The van der Waals surface area contributed by atoms with Crippen LogP contribution in [0.2, 0.25) is 0 Å². The molecule has 1 aromatic carbocycles. The van der Waals surface area contributed by atoms with Crippen molar-refractivity contribution in [3.63, 3.8) is 0 Å². The summed E-state index contributed by atoms with van der Waals surface area (Å²) < 4.78 is 7.24. The van der Waals surface area contributed by atoms with E-state index in [0.29, 0.717) is 11.3 Å². The highest BCUT2D eigenvalue weighted by molar-refractivity contribution is 5.97. The summed E-state index contributed by atoms with van der Waals surface area (Å²) in [5.74, 6) is 1.03. The summed E-state index contributed by atoms with van der Waals surface area (Å²) in [6.45, 7) is 4.00. The van der Waals surface area contributed by atoms with E-state index in [2.05, 4.69) is 15.5 Å². The van der Waals surface area contributed by atoms with Crippen LogP contribution in [0.4, 0.5) is 0 Å². The fourth-order valence-electron chi connectivity index (χ4n) is 2.81. The third kappa shape index (κ3) is 3.49. The van der Waals surface area contributed by atoms with E-state index < -0.39 is 0 Å². The van der Waals surface area contributed by atoms with E-state index in [4.69, 9.17) is 4.74 Å². The maximum absolute atomic E-state index is 12.3. The number of para-hydroxylation sites is 1. The van der Waals surface area contributed by atoms with E-state index in [-0.39, 0.29) is 5.91 Å². The van der Waals surface area contributed by atoms with E-state index >= 15 is 0 Å². The lowest BCUT2D eigenvalue weighted by Gasteiger charge is -2.07. The van der Waals surface area contributed by atoms with Gasteiger partial charge in [0.2, 0.25) is 0 Å². The lowest BCUT2D eigenvalue weighted by atomic mass is 10.2. The molecule has 0 aliphatic heterocycles. The SMILES string of the molecule is COc1ccccc1C(=O)N/N=C/c1cc(C)n(-c2ccccn2)c1C. The molecule has 0 atom stereocenters. The van der Waals surface area contributed by atoms with Crippen LogP contribution in [0.3, 0.4) is 0 Å². The van der Waals surface area contributed by atoms with E-state index in [0.717, 1.165) is 22.8 Å². The summed E-state index contributed by atoms with van der Waals surface area (Å²) >= 11 is 0. The molecule has 1 amide bonds. The third-order valence-electron chi connectivity index (χ3n) is 4.07. The van der Waals surface area contributed by atoms with E-state index in [1.807, 2.05) is 48.7 Å². The summed E-state index contributed by atoms with van der Waals surface area (Å²) in [4.78, 5) is 16.7. The molecule has 0 bridgehead atoms. The lowest BCUT2D eigenvalue weighted by Crippen LogP contribution is -2.18. The number of nitrogens with zero attached hydrogens (tertiary/aromatic N) is 3. The molecule has 0 aliphatic rings. The van der Waals surface area contributed by atoms with Gasteiger partial charge in [0, 0.05) is 23.1 Å². The summed E-state index contributed by atoms with van der Waals surface area (Å²) in [6.07, 6.45) is 3.39. The van der Waals surface area contributed by atoms with E-state index in [9.17, 15) is 4.79 Å². The van der Waals surface area contributed by atoms with Gasteiger partial charge in [-0.3, -0.25) is 4.79 Å². The molecule has 6 nitrogen and oxygen atoms in total. The molecular formula is C20H20N4O2. The minimum absolute atomic E-state index is 0.322. The summed E-state index contributed by atoms with van der Waals surface area (Å²) in [5, 5.41) is 4.09. The zero-order valence-electron chi connectivity index (χ0n) is 14.9. The molecule has 0 aliphatic carbocycles. The molecule has 2 heterocycles. The number of amides is 1. The van der Waals surface area contributed by atoms with Gasteiger partial charge >= 0.3 is 0 Å². The topological polar surface area (TPSA) is 68.5 Å². The highest BCUT2D eigenvalue weighted by Crippen LogP contribution is 2.18. The molecule has 132 valence electrons. The number of hydrazone groups is 1. The Hall–Kier alpha value is -3.41. The quantitative estimate of drug-likeness (QED) is 0.568. The van der Waals surface area contributed by atoms with Gasteiger partial charge in [0.05, 0.1) is 18.9 Å². The molecule has 0 spiro atoms. The number of methoxy groups -OCH3 is 1. The predicted octanol–water partition coefficient (Wildman–Crippen LogP) is 3.26. The van der Waals surface area contributed by atoms with Crippen molar-refractivity contribution in [3.8, 4) is 11.6 Å². The molecule has 0 radical (unpaired) electrons. The second-order valence-electron chi connectivity index (χ2n) is 5.75. The first-order valence-electron chi connectivity index (χ1n) is 8.18. The minimum Gasteiger partial charge on any atom is -0.496 e. The standard InChI is InChI=1S/C20H20N4O2/c1-14-12-16(15(2)24(14)19-10-6-7-11-21-19)13-22-23-20(25)17-8-4-5-9-18(17)26-3/h4-13H,1-3H3,(H,23,25)/b22-13+. The Morgan fingerprint density at radius 2 is 1.96 bits per heavy atom. The van der Waals surface area contributed by atoms with Gasteiger partial charge in [0.1, 0.15) is 11.6 Å². The first-order valence-corrected chi connectivity index (χ1v) is 8.18. The third-order valence-corrected chi connectivity index (χ3v) is 4.07. The zero-order chi connectivity index (χ0) is 18.5. The van der Waals surface area contributed by atoms with Crippen molar-refractivity contribution in [3.05, 3.63) is 77.2 Å². The molecule has 0 saturated heterocycles. The molecule has 0 fully saturated rings. The van der Waals surface area contributed by atoms with Crippen LogP contribution >= 0.6 is 0 Å². The monoisotopic (exact) mass is 348 g/mol. The van der Waals surface area contributed by atoms with Crippen LogP contribution in [-0.4, -0.2) is 28.8 Å². The molecular weight excluding hydrogens is 328 g/mol. The van der Waals surface area contributed by atoms with Crippen LogP contribution in [0.1, 0.15) is 27.3 Å². The van der Waals surface area contributed by atoms with Crippen LogP contribution in [-0.2, 0) is 0 Å². The number of benzene rings is 1. The van der Waals surface area contributed by atoms with E-state index in [1.54, 1.807) is 30.6 Å². The Labute approximate surface area is 152 Å². The molecule has 3 rings (SSSR count). The number of aryl methyl sites for hydroxylation is 1. The smallest absolute Gasteiger partial charge is 0.275 e. The Morgan fingerprint density at radius 3 is 2.69 bits per heavy atom. The second kappa shape index (κ2) is 7.65. The summed E-state index contributed by atoms with van der Waals surface area (Å²) in [7, 11) is 1.53. The van der Waals surface area contributed by atoms with Crippen LogP contribution < -0.4 is 10.2 Å². The molecule has 2 aromatic heterocycles. The largest absolute Gasteiger partial charge is 0.496 e. The van der Waals surface area contributed by atoms with Gasteiger partial charge in [-0.05, 0) is 44.2 Å². The van der Waals surface area contributed by atoms with Gasteiger partial charge in [0.15, 0.2) is 0 Å². The van der Waals surface area contributed by atoms with Gasteiger partial charge < -0.3 is 9.30 Å². The second-order valence-corrected chi connectivity index (χ2v) is 5.75. The van der Waals surface area contributed by atoms with Crippen molar-refractivity contribution in [1.29, 1.82) is 0 Å². The van der Waals surface area contributed by atoms with Gasteiger partial charge in [-0.2, -0.15) is 5.10 Å². The number of rotatable bonds is 5. The first-order chi connectivity index (χ1) is 12.6. The maximum atomic E-state index is 12.3. The van der Waals surface area contributed by atoms with Crippen molar-refractivity contribution in [2.75, 3.05) is 7.11 Å². The van der Waals surface area contributed by atoms with Crippen molar-refractivity contribution < 1.29 is 9.53 Å². The number of carbonyl (C=O) groups excluding carboxylic acids is 1. The van der Waals surface area contributed by atoms with Gasteiger partial charge in [-0.25, -0.2) is 10.4 Å². The molecule has 6 heteroatoms. The highest BCUT2D eigenvalue weighted by Gasteiger charge is 2.12. The average Bonchev–Trinajstić information content (AvgIpc) is 2.95. The fourth-order valence-corrected chi connectivity index (χ4v) is 2.81. The number of aromatic nitrogens is 2. The Balaban J connectivity index is 1.78. The molecule has 1 N–H and O–H groups in total. The lowest BCUT2D eigenvalue weighted by molar-refractivity contribution is 0.0952. The number of ether oxygens (including phenoxy) is 1. The fraction of sp³-hybridized carbons (Fsp3) is 0.150. The van der Waals surface area contributed by atoms with E-state index in [1.165, 1.54) is 7.11 Å². The molecule has 3 aromatic rings. The first kappa shape index (κ1) is 17.4. The summed E-state index contributed by atoms with van der Waals surface area (Å²) in [6, 6.07) is 14.8. The zero-order valence-corrected chi connectivity index (χ0v) is 14.9. The Kier molecular flexibility index (Phi) is 5.12. The predicted molar refractivity (Wildman–Crippen MR) is 101 cm³/mol. The van der Waals surface area contributed by atoms with Crippen LogP contribution in [0.25, 0.3) is 5.82 Å². The minimum atomic E-state index is -0.322.